The number of rotatable bonds is 2. The first kappa shape index (κ1) is 14.4. The number of benzene rings is 3. The number of anilines is 1. The summed E-state index contributed by atoms with van der Waals surface area (Å²) in [4.78, 5) is 25.7. The molecule has 0 radical (unpaired) electrons. The Morgan fingerprint density at radius 3 is 2.38 bits per heavy atom. The number of carboxylic acid groups (broad SMARTS) is 1. The van der Waals surface area contributed by atoms with Gasteiger partial charge in [0.05, 0.1) is 5.69 Å². The lowest BCUT2D eigenvalue weighted by atomic mass is 10.0. The highest BCUT2D eigenvalue weighted by atomic mass is 16.4. The van der Waals surface area contributed by atoms with Crippen molar-refractivity contribution >= 4 is 28.3 Å². The van der Waals surface area contributed by atoms with Crippen LogP contribution in [0.5, 0.6) is 0 Å². The van der Waals surface area contributed by atoms with Crippen LogP contribution in [0.15, 0.2) is 66.7 Å². The summed E-state index contributed by atoms with van der Waals surface area (Å²) in [7, 11) is 0. The molecule has 24 heavy (non-hydrogen) atoms. The van der Waals surface area contributed by atoms with Crippen molar-refractivity contribution in [2.24, 2.45) is 0 Å². The van der Waals surface area contributed by atoms with Gasteiger partial charge >= 0.3 is 5.97 Å². The first-order chi connectivity index (χ1) is 11.5. The van der Waals surface area contributed by atoms with E-state index in [-0.39, 0.29) is 11.1 Å². The highest BCUT2D eigenvalue weighted by molar-refractivity contribution is 6.19. The number of carbonyl (C=O) groups excluding carboxylic acids is 1. The Morgan fingerprint density at radius 1 is 0.917 bits per heavy atom. The maximum absolute atomic E-state index is 12.9. The van der Waals surface area contributed by atoms with Gasteiger partial charge in [-0.2, -0.15) is 0 Å². The zero-order valence-electron chi connectivity index (χ0n) is 12.5. The first-order valence-electron chi connectivity index (χ1n) is 7.42. The summed E-state index contributed by atoms with van der Waals surface area (Å²) < 4.78 is 0. The highest BCUT2D eigenvalue weighted by Crippen LogP contribution is 2.43. The van der Waals surface area contributed by atoms with E-state index in [9.17, 15) is 19.8 Å². The normalized spacial score (nSPS) is 19.5. The number of aliphatic hydroxyl groups is 1. The van der Waals surface area contributed by atoms with Crippen LogP contribution in [-0.2, 0) is 10.5 Å². The van der Waals surface area contributed by atoms with Crippen LogP contribution < -0.4 is 4.90 Å². The minimum absolute atomic E-state index is 0.0791. The molecule has 0 aliphatic carbocycles. The molecular formula is C19H13NO4. The molecule has 3 aromatic rings. The van der Waals surface area contributed by atoms with Gasteiger partial charge in [-0.05, 0) is 17.5 Å². The van der Waals surface area contributed by atoms with Crippen LogP contribution in [-0.4, -0.2) is 22.1 Å². The van der Waals surface area contributed by atoms with Gasteiger partial charge in [0.15, 0.2) is 0 Å². The first-order valence-corrected chi connectivity index (χ1v) is 7.42. The number of hydrogen-bond acceptors (Lipinski definition) is 3. The smallest absolute Gasteiger partial charge is 0.362 e. The molecule has 0 aromatic heterocycles. The maximum Gasteiger partial charge on any atom is 0.362 e. The lowest BCUT2D eigenvalue weighted by Crippen LogP contribution is -2.50. The largest absolute Gasteiger partial charge is 0.477 e. The third kappa shape index (κ3) is 1.73. The molecule has 3 aromatic carbocycles. The van der Waals surface area contributed by atoms with Crippen LogP contribution in [0.2, 0.25) is 0 Å². The number of carbonyl (C=O) groups is 2. The van der Waals surface area contributed by atoms with Crippen LogP contribution in [0.1, 0.15) is 15.9 Å². The number of hydrogen-bond donors (Lipinski definition) is 2. The third-order valence-corrected chi connectivity index (χ3v) is 4.37. The van der Waals surface area contributed by atoms with Gasteiger partial charge in [-0.15, -0.1) is 0 Å². The zero-order chi connectivity index (χ0) is 16.9. The summed E-state index contributed by atoms with van der Waals surface area (Å²) in [6, 6.07) is 18.8. The Hall–Kier alpha value is -3.18. The van der Waals surface area contributed by atoms with Gasteiger partial charge in [-0.1, -0.05) is 54.6 Å². The van der Waals surface area contributed by atoms with E-state index in [1.807, 2.05) is 18.2 Å². The summed E-state index contributed by atoms with van der Waals surface area (Å²) in [5.41, 5.74) is -1.80. The van der Waals surface area contributed by atoms with Gasteiger partial charge in [0.25, 0.3) is 11.6 Å². The summed E-state index contributed by atoms with van der Waals surface area (Å²) in [5, 5.41) is 22.2. The summed E-state index contributed by atoms with van der Waals surface area (Å²) in [6.07, 6.45) is 0. The van der Waals surface area contributed by atoms with E-state index >= 15 is 0 Å². The van der Waals surface area contributed by atoms with Gasteiger partial charge in [0.1, 0.15) is 0 Å². The highest BCUT2D eigenvalue weighted by Gasteiger charge is 2.55. The quantitative estimate of drug-likeness (QED) is 0.761. The van der Waals surface area contributed by atoms with Gasteiger partial charge in [0, 0.05) is 16.5 Å². The SMILES string of the molecule is O=C1c2ccccc2C(O)(C(=O)O)N1c1cccc2ccccc12. The second-order valence-electron chi connectivity index (χ2n) is 5.66. The molecule has 0 fully saturated rings. The molecule has 1 aliphatic heterocycles. The van der Waals surface area contributed by atoms with Crippen molar-refractivity contribution < 1.29 is 19.8 Å². The van der Waals surface area contributed by atoms with Crippen molar-refractivity contribution in [2.45, 2.75) is 5.72 Å². The van der Waals surface area contributed by atoms with Crippen molar-refractivity contribution in [1.82, 2.24) is 0 Å². The molecule has 1 aliphatic rings. The number of nitrogens with zero attached hydrogens (tertiary/aromatic N) is 1. The number of carboxylic acids is 1. The predicted molar refractivity (Wildman–Crippen MR) is 88.7 cm³/mol. The van der Waals surface area contributed by atoms with Crippen LogP contribution in [0, 0.1) is 0 Å². The molecule has 0 saturated heterocycles. The van der Waals surface area contributed by atoms with Crippen molar-refractivity contribution in [3.05, 3.63) is 77.9 Å². The Bertz CT molecular complexity index is 992. The standard InChI is InChI=1S/C19H13NO4/c21-17-14-9-3-4-10-15(14)19(24,18(22)23)20(17)16-11-5-7-12-6-1-2-8-13(12)16/h1-11,24H,(H,22,23). The lowest BCUT2D eigenvalue weighted by Gasteiger charge is -2.31. The molecule has 118 valence electrons. The van der Waals surface area contributed by atoms with Crippen molar-refractivity contribution in [2.75, 3.05) is 4.90 Å². The molecule has 4 rings (SSSR count). The molecule has 5 heteroatoms. The molecular weight excluding hydrogens is 306 g/mol. The molecule has 0 bridgehead atoms. The van der Waals surface area contributed by atoms with Gasteiger partial charge in [-0.25, -0.2) is 4.79 Å². The maximum atomic E-state index is 12.9. The number of amides is 1. The fourth-order valence-electron chi connectivity index (χ4n) is 3.26. The van der Waals surface area contributed by atoms with Crippen LogP contribution in [0.4, 0.5) is 5.69 Å². The van der Waals surface area contributed by atoms with Crippen LogP contribution in [0.3, 0.4) is 0 Å². The van der Waals surface area contributed by atoms with Crippen molar-refractivity contribution in [3.63, 3.8) is 0 Å². The molecule has 1 amide bonds. The van der Waals surface area contributed by atoms with Crippen LogP contribution in [0.25, 0.3) is 10.8 Å². The summed E-state index contributed by atoms with van der Waals surface area (Å²) >= 11 is 0. The molecule has 1 heterocycles. The van der Waals surface area contributed by atoms with Crippen molar-refractivity contribution in [1.29, 1.82) is 0 Å². The Labute approximate surface area is 137 Å². The molecule has 1 unspecified atom stereocenters. The zero-order valence-corrected chi connectivity index (χ0v) is 12.5. The molecule has 5 nitrogen and oxygen atoms in total. The van der Waals surface area contributed by atoms with Gasteiger partial charge < -0.3 is 10.2 Å². The number of aliphatic carboxylic acids is 1. The molecule has 0 saturated carbocycles. The molecule has 2 N–H and O–H groups in total. The molecule has 0 spiro atoms. The lowest BCUT2D eigenvalue weighted by molar-refractivity contribution is -0.158. The van der Waals surface area contributed by atoms with Crippen LogP contribution >= 0.6 is 0 Å². The fourth-order valence-corrected chi connectivity index (χ4v) is 3.26. The summed E-state index contributed by atoms with van der Waals surface area (Å²) in [5.74, 6) is -2.03. The van der Waals surface area contributed by atoms with E-state index in [1.54, 1.807) is 36.4 Å². The second-order valence-corrected chi connectivity index (χ2v) is 5.66. The van der Waals surface area contributed by atoms with E-state index in [4.69, 9.17) is 0 Å². The van der Waals surface area contributed by atoms with Gasteiger partial charge in [0.2, 0.25) is 0 Å². The predicted octanol–water partition coefficient (Wildman–Crippen LogP) is 2.73. The topological polar surface area (TPSA) is 77.8 Å². The van der Waals surface area contributed by atoms with E-state index in [2.05, 4.69) is 0 Å². The molecule has 1 atom stereocenters. The van der Waals surface area contributed by atoms with E-state index < -0.39 is 17.6 Å². The van der Waals surface area contributed by atoms with E-state index in [0.717, 1.165) is 10.3 Å². The minimum Gasteiger partial charge on any atom is -0.477 e. The average Bonchev–Trinajstić information content (AvgIpc) is 2.84. The van der Waals surface area contributed by atoms with Crippen molar-refractivity contribution in [3.8, 4) is 0 Å². The number of fused-ring (bicyclic) bond motifs is 2. The van der Waals surface area contributed by atoms with E-state index in [1.165, 1.54) is 12.1 Å². The summed E-state index contributed by atoms with van der Waals surface area (Å²) in [6.45, 7) is 0. The monoisotopic (exact) mass is 319 g/mol. The Kier molecular flexibility index (Phi) is 2.95. The minimum atomic E-state index is -2.43. The Morgan fingerprint density at radius 2 is 1.58 bits per heavy atom. The average molecular weight is 319 g/mol. The fraction of sp³-hybridized carbons (Fsp3) is 0.0526. The van der Waals surface area contributed by atoms with E-state index in [0.29, 0.717) is 11.1 Å². The Balaban J connectivity index is 2.04. The second kappa shape index (κ2) is 4.91. The van der Waals surface area contributed by atoms with Gasteiger partial charge in [-0.3, -0.25) is 9.69 Å². The third-order valence-electron chi connectivity index (χ3n) is 4.37.